The maximum atomic E-state index is 13.3. The topological polar surface area (TPSA) is 74.3 Å². The van der Waals surface area contributed by atoms with Crippen LogP contribution in [0.1, 0.15) is 78.4 Å². The molecular weight excluding hydrogens is 590 g/mol. The Morgan fingerprint density at radius 3 is 2.09 bits per heavy atom. The van der Waals surface area contributed by atoms with Crippen molar-refractivity contribution >= 4 is 11.6 Å². The molecule has 0 radical (unpaired) electrons. The summed E-state index contributed by atoms with van der Waals surface area (Å²) in [5, 5.41) is 0. The van der Waals surface area contributed by atoms with Crippen LogP contribution in [0.4, 0.5) is 0 Å². The number of aryl methyl sites for hydroxylation is 1. The Bertz CT molecular complexity index is 1380. The van der Waals surface area contributed by atoms with E-state index < -0.39 is 0 Å². The summed E-state index contributed by atoms with van der Waals surface area (Å²) in [7, 11) is 3.12. The van der Waals surface area contributed by atoms with E-state index in [0.717, 1.165) is 62.4 Å². The lowest BCUT2D eigenvalue weighted by Gasteiger charge is -2.25. The number of nitrogens with zero attached hydrogens (tertiary/aromatic N) is 1. The van der Waals surface area contributed by atoms with Crippen molar-refractivity contribution in [1.82, 2.24) is 4.90 Å². The number of ketones is 2. The molecule has 0 N–H and O–H groups in total. The molecule has 1 aliphatic rings. The lowest BCUT2D eigenvalue weighted by molar-refractivity contribution is -0.282. The molecule has 1 aliphatic heterocycles. The number of methoxy groups -OCH3 is 1. The van der Waals surface area contributed by atoms with Crippen LogP contribution in [0.2, 0.25) is 0 Å². The van der Waals surface area contributed by atoms with E-state index in [9.17, 15) is 9.59 Å². The third kappa shape index (κ3) is 12.4. The fraction of sp³-hybridized carbons (Fsp3) is 0.450. The highest BCUT2D eigenvalue weighted by molar-refractivity contribution is 5.96. The average Bonchev–Trinajstić information content (AvgIpc) is 3.62. The summed E-state index contributed by atoms with van der Waals surface area (Å²) < 4.78 is 11.2. The minimum atomic E-state index is 0.0647. The molecule has 1 heterocycles. The van der Waals surface area contributed by atoms with Crippen LogP contribution in [-0.4, -0.2) is 56.9 Å². The first-order valence-electron chi connectivity index (χ1n) is 17.0. The van der Waals surface area contributed by atoms with E-state index in [-0.39, 0.29) is 17.5 Å². The monoisotopic (exact) mass is 641 g/mol. The van der Waals surface area contributed by atoms with Crippen molar-refractivity contribution in [2.45, 2.75) is 70.8 Å². The molecule has 0 aliphatic carbocycles. The number of rotatable bonds is 22. The van der Waals surface area contributed by atoms with Crippen LogP contribution in [0.25, 0.3) is 0 Å². The summed E-state index contributed by atoms with van der Waals surface area (Å²) >= 11 is 0. The van der Waals surface area contributed by atoms with Gasteiger partial charge >= 0.3 is 0 Å². The van der Waals surface area contributed by atoms with Crippen molar-refractivity contribution in [3.8, 4) is 11.5 Å². The molecule has 4 rings (SSSR count). The molecule has 0 amide bonds. The van der Waals surface area contributed by atoms with Gasteiger partial charge in [0.2, 0.25) is 0 Å². The molecule has 1 fully saturated rings. The van der Waals surface area contributed by atoms with Crippen LogP contribution in [0.5, 0.6) is 11.5 Å². The first kappa shape index (κ1) is 36.1. The van der Waals surface area contributed by atoms with E-state index in [0.29, 0.717) is 50.0 Å². The highest BCUT2D eigenvalue weighted by atomic mass is 17.2. The van der Waals surface area contributed by atoms with Gasteiger partial charge in [0.25, 0.3) is 0 Å². The average molecular weight is 642 g/mol. The molecule has 0 spiro atoms. The maximum absolute atomic E-state index is 13.3. The van der Waals surface area contributed by atoms with E-state index >= 15 is 0 Å². The number of hydrogen-bond donors (Lipinski definition) is 0. The summed E-state index contributed by atoms with van der Waals surface area (Å²) in [4.78, 5) is 37.9. The molecule has 1 atom stereocenters. The van der Waals surface area contributed by atoms with Crippen molar-refractivity contribution in [2.75, 3.05) is 40.5 Å². The molecule has 0 unspecified atom stereocenters. The molecule has 0 bridgehead atoms. The third-order valence-electron chi connectivity index (χ3n) is 8.90. The molecule has 1 saturated heterocycles. The molecular formula is C40H51NO6. The predicted octanol–water partition coefficient (Wildman–Crippen LogP) is 8.00. The van der Waals surface area contributed by atoms with E-state index in [1.807, 2.05) is 12.1 Å². The SMILES string of the molecule is C=C(C(=O)CCCCC(=O)c1ccc(OC)cc1)[C@H](Cc1ccc(OCCCCc2ccc(COOC)cc2)cc1)CN1CCCC1. The summed E-state index contributed by atoms with van der Waals surface area (Å²) in [6.07, 6.45) is 8.44. The first-order valence-corrected chi connectivity index (χ1v) is 17.0. The molecule has 7 nitrogen and oxygen atoms in total. The third-order valence-corrected chi connectivity index (χ3v) is 8.90. The fourth-order valence-electron chi connectivity index (χ4n) is 6.01. The van der Waals surface area contributed by atoms with Crippen LogP contribution in [0.3, 0.4) is 0 Å². The number of carbonyl (C=O) groups excluding carboxylic acids is 2. The largest absolute Gasteiger partial charge is 0.497 e. The van der Waals surface area contributed by atoms with Gasteiger partial charge in [-0.2, -0.15) is 0 Å². The molecule has 3 aromatic carbocycles. The van der Waals surface area contributed by atoms with Gasteiger partial charge in [-0.05, 0) is 123 Å². The standard InChI is InChI=1S/C40H51NO6/c1-31(39(42)11-4-5-12-40(43)35-19-23-37(44-2)24-20-35)36(29-41-25-7-8-26-41)28-33-17-21-38(22-18-33)46-27-9-6-10-32-13-15-34(16-14-32)30-47-45-3/h13-24,36H,1,4-12,25-30H2,2-3H3/t36-/m1/s1. The van der Waals surface area contributed by atoms with Crippen LogP contribution < -0.4 is 9.47 Å². The normalized spacial score (nSPS) is 13.7. The van der Waals surface area contributed by atoms with Gasteiger partial charge in [0.1, 0.15) is 18.1 Å². The number of Topliss-reactive ketones (excluding diaryl/α,β-unsaturated/α-hetero) is 2. The molecule has 3 aromatic rings. The summed E-state index contributed by atoms with van der Waals surface area (Å²) in [6.45, 7) is 8.42. The molecule has 0 aromatic heterocycles. The Kier molecular flexibility index (Phi) is 15.2. The van der Waals surface area contributed by atoms with Gasteiger partial charge in [0.05, 0.1) is 20.8 Å². The Hall–Kier alpha value is -3.78. The highest BCUT2D eigenvalue weighted by Crippen LogP contribution is 2.24. The Balaban J connectivity index is 1.19. The Labute approximate surface area is 280 Å². The number of unbranched alkanes of at least 4 members (excludes halogenated alkanes) is 2. The zero-order valence-corrected chi connectivity index (χ0v) is 28.2. The van der Waals surface area contributed by atoms with Crippen molar-refractivity contribution in [1.29, 1.82) is 0 Å². The first-order chi connectivity index (χ1) is 22.9. The number of ether oxygens (including phenoxy) is 2. The molecule has 252 valence electrons. The van der Waals surface area contributed by atoms with Gasteiger partial charge in [-0.1, -0.05) is 43.0 Å². The van der Waals surface area contributed by atoms with Crippen LogP contribution in [0.15, 0.2) is 84.9 Å². The zero-order chi connectivity index (χ0) is 33.3. The van der Waals surface area contributed by atoms with E-state index in [2.05, 4.69) is 52.8 Å². The number of hydrogen-bond acceptors (Lipinski definition) is 7. The van der Waals surface area contributed by atoms with Crippen LogP contribution in [-0.2, 0) is 34.0 Å². The summed E-state index contributed by atoms with van der Waals surface area (Å²) in [6, 6.07) is 23.9. The second kappa shape index (κ2) is 19.8. The quantitative estimate of drug-likeness (QED) is 0.0362. The van der Waals surface area contributed by atoms with Gasteiger partial charge in [0, 0.05) is 30.9 Å². The molecule has 0 saturated carbocycles. The van der Waals surface area contributed by atoms with E-state index in [4.69, 9.17) is 14.4 Å². The van der Waals surface area contributed by atoms with Crippen molar-refractivity contribution in [2.24, 2.45) is 5.92 Å². The maximum Gasteiger partial charge on any atom is 0.162 e. The van der Waals surface area contributed by atoms with Gasteiger partial charge in [-0.15, -0.1) is 0 Å². The van der Waals surface area contributed by atoms with Gasteiger partial charge in [-0.25, -0.2) is 9.78 Å². The van der Waals surface area contributed by atoms with Gasteiger partial charge in [0.15, 0.2) is 11.6 Å². The molecule has 47 heavy (non-hydrogen) atoms. The van der Waals surface area contributed by atoms with E-state index in [1.165, 1.54) is 31.1 Å². The Morgan fingerprint density at radius 1 is 0.766 bits per heavy atom. The summed E-state index contributed by atoms with van der Waals surface area (Å²) in [5.41, 5.74) is 4.96. The highest BCUT2D eigenvalue weighted by Gasteiger charge is 2.24. The minimum absolute atomic E-state index is 0.0647. The zero-order valence-electron chi connectivity index (χ0n) is 28.2. The molecule has 7 heteroatoms. The van der Waals surface area contributed by atoms with Crippen LogP contribution >= 0.6 is 0 Å². The second-order valence-corrected chi connectivity index (χ2v) is 12.4. The summed E-state index contributed by atoms with van der Waals surface area (Å²) in [5.74, 6) is 1.87. The number of carbonyl (C=O) groups is 2. The van der Waals surface area contributed by atoms with Gasteiger partial charge < -0.3 is 14.4 Å². The number of likely N-dealkylation sites (tertiary alicyclic amines) is 1. The Morgan fingerprint density at radius 2 is 1.40 bits per heavy atom. The lowest BCUT2D eigenvalue weighted by Crippen LogP contribution is -2.30. The second-order valence-electron chi connectivity index (χ2n) is 12.4. The van der Waals surface area contributed by atoms with Crippen molar-refractivity contribution in [3.63, 3.8) is 0 Å². The number of benzene rings is 3. The van der Waals surface area contributed by atoms with Crippen molar-refractivity contribution in [3.05, 3.63) is 107 Å². The van der Waals surface area contributed by atoms with Gasteiger partial charge in [-0.3, -0.25) is 9.59 Å². The van der Waals surface area contributed by atoms with Crippen LogP contribution in [0, 0.1) is 5.92 Å². The van der Waals surface area contributed by atoms with E-state index in [1.54, 1.807) is 31.4 Å². The smallest absolute Gasteiger partial charge is 0.162 e. The van der Waals surface area contributed by atoms with Crippen molar-refractivity contribution < 1.29 is 28.8 Å². The fourth-order valence-corrected chi connectivity index (χ4v) is 6.01. The lowest BCUT2D eigenvalue weighted by atomic mass is 9.88. The predicted molar refractivity (Wildman–Crippen MR) is 186 cm³/mol. The minimum Gasteiger partial charge on any atom is -0.497 e.